The Balaban J connectivity index is 1.65. The first-order valence-electron chi connectivity index (χ1n) is 8.31. The molecule has 0 aliphatic carbocycles. The summed E-state index contributed by atoms with van der Waals surface area (Å²) in [7, 11) is 0. The van der Waals surface area contributed by atoms with E-state index in [2.05, 4.69) is 24.3 Å². The standard InChI is InChI=1S/C18H23N3O3/c1-4-14-12(2)20-21(13(14)3)9-8-19-18(22)15-6-5-7-16-17(15)24-11-10-23-16/h5-7H,4,8-11H2,1-3H3,(H,19,22). The molecule has 1 amide bonds. The maximum Gasteiger partial charge on any atom is 0.255 e. The number of benzene rings is 1. The third-order valence-corrected chi connectivity index (χ3v) is 4.30. The van der Waals surface area contributed by atoms with E-state index >= 15 is 0 Å². The first-order valence-corrected chi connectivity index (χ1v) is 8.31. The third-order valence-electron chi connectivity index (χ3n) is 4.30. The molecule has 3 rings (SSSR count). The molecule has 0 saturated heterocycles. The zero-order valence-corrected chi connectivity index (χ0v) is 14.4. The fourth-order valence-electron chi connectivity index (χ4n) is 3.09. The number of rotatable bonds is 5. The van der Waals surface area contributed by atoms with E-state index in [-0.39, 0.29) is 5.91 Å². The van der Waals surface area contributed by atoms with E-state index in [0.717, 1.165) is 17.8 Å². The van der Waals surface area contributed by atoms with Crippen LogP contribution in [0.25, 0.3) is 0 Å². The molecule has 1 N–H and O–H groups in total. The van der Waals surface area contributed by atoms with E-state index < -0.39 is 0 Å². The number of carbonyl (C=O) groups is 1. The number of amides is 1. The molecular weight excluding hydrogens is 306 g/mol. The molecule has 1 aromatic heterocycles. The molecule has 1 aliphatic rings. The summed E-state index contributed by atoms with van der Waals surface area (Å²) in [5.74, 6) is 0.996. The number of hydrogen-bond donors (Lipinski definition) is 1. The minimum atomic E-state index is -0.158. The molecule has 1 aliphatic heterocycles. The number of nitrogens with one attached hydrogen (secondary N) is 1. The van der Waals surface area contributed by atoms with Crippen LogP contribution in [0.1, 0.15) is 34.2 Å². The predicted molar refractivity (Wildman–Crippen MR) is 90.8 cm³/mol. The van der Waals surface area contributed by atoms with E-state index in [4.69, 9.17) is 9.47 Å². The third kappa shape index (κ3) is 3.09. The largest absolute Gasteiger partial charge is 0.486 e. The highest BCUT2D eigenvalue weighted by Gasteiger charge is 2.20. The molecule has 6 nitrogen and oxygen atoms in total. The Bertz CT molecular complexity index is 752. The van der Waals surface area contributed by atoms with Gasteiger partial charge in [-0.05, 0) is 38.0 Å². The zero-order chi connectivity index (χ0) is 17.1. The van der Waals surface area contributed by atoms with Crippen LogP contribution < -0.4 is 14.8 Å². The van der Waals surface area contributed by atoms with Crippen LogP contribution in [0.4, 0.5) is 0 Å². The lowest BCUT2D eigenvalue weighted by Crippen LogP contribution is -2.29. The highest BCUT2D eigenvalue weighted by atomic mass is 16.6. The van der Waals surface area contributed by atoms with E-state index in [9.17, 15) is 4.79 Å². The van der Waals surface area contributed by atoms with Gasteiger partial charge in [0.15, 0.2) is 11.5 Å². The number of para-hydroxylation sites is 1. The van der Waals surface area contributed by atoms with Gasteiger partial charge in [0, 0.05) is 12.2 Å². The van der Waals surface area contributed by atoms with Gasteiger partial charge >= 0.3 is 0 Å². The minimum absolute atomic E-state index is 0.158. The molecule has 1 aromatic carbocycles. The maximum atomic E-state index is 12.4. The number of nitrogens with zero attached hydrogens (tertiary/aromatic N) is 2. The smallest absolute Gasteiger partial charge is 0.255 e. The molecule has 0 radical (unpaired) electrons. The van der Waals surface area contributed by atoms with Crippen LogP contribution in [0.15, 0.2) is 18.2 Å². The van der Waals surface area contributed by atoms with Gasteiger partial charge in [0.05, 0.1) is 17.8 Å². The molecule has 2 heterocycles. The van der Waals surface area contributed by atoms with Crippen molar-refractivity contribution >= 4 is 5.91 Å². The van der Waals surface area contributed by atoms with Gasteiger partial charge in [-0.15, -0.1) is 0 Å². The van der Waals surface area contributed by atoms with Crippen molar-refractivity contribution in [3.8, 4) is 11.5 Å². The summed E-state index contributed by atoms with van der Waals surface area (Å²) < 4.78 is 13.1. The van der Waals surface area contributed by atoms with Gasteiger partial charge in [-0.3, -0.25) is 9.48 Å². The number of ether oxygens (including phenoxy) is 2. The Morgan fingerprint density at radius 2 is 2.08 bits per heavy atom. The lowest BCUT2D eigenvalue weighted by Gasteiger charge is -2.20. The van der Waals surface area contributed by atoms with Crippen molar-refractivity contribution < 1.29 is 14.3 Å². The van der Waals surface area contributed by atoms with Gasteiger partial charge in [-0.2, -0.15) is 5.10 Å². The van der Waals surface area contributed by atoms with Crippen LogP contribution in [0.3, 0.4) is 0 Å². The molecule has 128 valence electrons. The summed E-state index contributed by atoms with van der Waals surface area (Å²) >= 11 is 0. The van der Waals surface area contributed by atoms with E-state index in [0.29, 0.717) is 43.4 Å². The first kappa shape index (κ1) is 16.4. The summed E-state index contributed by atoms with van der Waals surface area (Å²) in [4.78, 5) is 12.4. The van der Waals surface area contributed by atoms with Crippen molar-refractivity contribution in [3.05, 3.63) is 40.7 Å². The van der Waals surface area contributed by atoms with Crippen molar-refractivity contribution in [2.45, 2.75) is 33.7 Å². The van der Waals surface area contributed by atoms with Gasteiger partial charge < -0.3 is 14.8 Å². The number of fused-ring (bicyclic) bond motifs is 1. The normalized spacial score (nSPS) is 13.0. The topological polar surface area (TPSA) is 65.4 Å². The molecule has 0 saturated carbocycles. The number of hydrogen-bond acceptors (Lipinski definition) is 4. The van der Waals surface area contributed by atoms with Crippen molar-refractivity contribution in [2.75, 3.05) is 19.8 Å². The van der Waals surface area contributed by atoms with Crippen molar-refractivity contribution in [1.29, 1.82) is 0 Å². The van der Waals surface area contributed by atoms with Gasteiger partial charge in [0.1, 0.15) is 13.2 Å². The quantitative estimate of drug-likeness (QED) is 0.914. The summed E-state index contributed by atoms with van der Waals surface area (Å²) in [6.07, 6.45) is 0.970. The molecule has 24 heavy (non-hydrogen) atoms. The SMILES string of the molecule is CCc1c(C)nn(CCNC(=O)c2cccc3c2OCCO3)c1C. The van der Waals surface area contributed by atoms with E-state index in [1.165, 1.54) is 5.56 Å². The molecule has 0 fully saturated rings. The van der Waals surface area contributed by atoms with Gasteiger partial charge in [0.25, 0.3) is 5.91 Å². The molecule has 2 aromatic rings. The Morgan fingerprint density at radius 1 is 1.29 bits per heavy atom. The molecule has 0 spiro atoms. The van der Waals surface area contributed by atoms with Crippen LogP contribution in [-0.2, 0) is 13.0 Å². The fraction of sp³-hybridized carbons (Fsp3) is 0.444. The molecule has 0 bridgehead atoms. The molecular formula is C18H23N3O3. The maximum absolute atomic E-state index is 12.4. The Morgan fingerprint density at radius 3 is 2.83 bits per heavy atom. The van der Waals surface area contributed by atoms with Gasteiger partial charge in [0.2, 0.25) is 0 Å². The Labute approximate surface area is 141 Å². The van der Waals surface area contributed by atoms with Crippen LogP contribution in [-0.4, -0.2) is 35.4 Å². The van der Waals surface area contributed by atoms with Crippen LogP contribution in [0.5, 0.6) is 11.5 Å². The van der Waals surface area contributed by atoms with Gasteiger partial charge in [-0.1, -0.05) is 13.0 Å². The fourth-order valence-corrected chi connectivity index (χ4v) is 3.09. The summed E-state index contributed by atoms with van der Waals surface area (Å²) in [6.45, 7) is 8.34. The van der Waals surface area contributed by atoms with Crippen LogP contribution in [0, 0.1) is 13.8 Å². The zero-order valence-electron chi connectivity index (χ0n) is 14.4. The number of aryl methyl sites for hydroxylation is 1. The number of carbonyl (C=O) groups excluding carboxylic acids is 1. The minimum Gasteiger partial charge on any atom is -0.486 e. The monoisotopic (exact) mass is 329 g/mol. The summed E-state index contributed by atoms with van der Waals surface area (Å²) in [5, 5.41) is 7.48. The second-order valence-corrected chi connectivity index (χ2v) is 5.81. The molecule has 6 heteroatoms. The number of aromatic nitrogens is 2. The molecule has 0 atom stereocenters. The highest BCUT2D eigenvalue weighted by Crippen LogP contribution is 2.33. The lowest BCUT2D eigenvalue weighted by molar-refractivity contribution is 0.0940. The van der Waals surface area contributed by atoms with Crippen molar-refractivity contribution in [3.63, 3.8) is 0 Å². The van der Waals surface area contributed by atoms with E-state index in [1.54, 1.807) is 12.1 Å². The first-order chi connectivity index (χ1) is 11.6. The average molecular weight is 329 g/mol. The van der Waals surface area contributed by atoms with Crippen LogP contribution >= 0.6 is 0 Å². The predicted octanol–water partition coefficient (Wildman–Crippen LogP) is 2.26. The second-order valence-electron chi connectivity index (χ2n) is 5.81. The Hall–Kier alpha value is -2.50. The van der Waals surface area contributed by atoms with Crippen molar-refractivity contribution in [2.24, 2.45) is 0 Å². The summed E-state index contributed by atoms with van der Waals surface area (Å²) in [5.41, 5.74) is 4.01. The lowest BCUT2D eigenvalue weighted by atomic mass is 10.1. The van der Waals surface area contributed by atoms with Crippen LogP contribution in [0.2, 0.25) is 0 Å². The average Bonchev–Trinajstić information content (AvgIpc) is 2.87. The van der Waals surface area contributed by atoms with E-state index in [1.807, 2.05) is 17.7 Å². The molecule has 0 unspecified atom stereocenters. The second kappa shape index (κ2) is 6.95. The Kier molecular flexibility index (Phi) is 4.74. The van der Waals surface area contributed by atoms with Gasteiger partial charge in [-0.25, -0.2) is 0 Å². The highest BCUT2D eigenvalue weighted by molar-refractivity contribution is 5.97. The summed E-state index contributed by atoms with van der Waals surface area (Å²) in [6, 6.07) is 5.37. The van der Waals surface area contributed by atoms with Crippen molar-refractivity contribution in [1.82, 2.24) is 15.1 Å².